The molecule has 1 aliphatic carbocycles. The lowest BCUT2D eigenvalue weighted by Crippen LogP contribution is -2.58. The highest BCUT2D eigenvalue weighted by molar-refractivity contribution is 6.69. The lowest BCUT2D eigenvalue weighted by atomic mass is 9.85. The molecule has 2 aliphatic heterocycles. The third-order valence-electron chi connectivity index (χ3n) is 7.00. The van der Waals surface area contributed by atoms with E-state index in [4.69, 9.17) is 28.2 Å². The fourth-order valence-corrected chi connectivity index (χ4v) is 5.26. The Morgan fingerprint density at radius 3 is 2.62 bits per heavy atom. The van der Waals surface area contributed by atoms with Crippen LogP contribution in [0.1, 0.15) is 27.2 Å². The van der Waals surface area contributed by atoms with Gasteiger partial charge in [-0.2, -0.15) is 0 Å². The van der Waals surface area contributed by atoms with E-state index in [0.29, 0.717) is 53.9 Å². The van der Waals surface area contributed by atoms with Crippen molar-refractivity contribution in [3.63, 3.8) is 0 Å². The number of likely N-dealkylation sites (tertiary alicyclic amines) is 1. The maximum Gasteiger partial charge on any atom is 0.253 e. The topological polar surface area (TPSA) is 82.5 Å². The number of rotatable bonds is 5. The lowest BCUT2D eigenvalue weighted by molar-refractivity contribution is 0.0577. The average molecular weight is 561 g/mol. The standard InChI is InChI=1S/C29H23Cl2FN6O/c1-33-19-14-38(15-19)28(39)16-5-8-18(9-6-16)36-29-35-12-17-7-10-20-21(26-23(30)3-2-4-24(26)32)11-25(31)34-13-22(20)27(17)37-29/h2-6,8-13,19,33H,7,14-15H2,1H3,(H,35,36,37). The van der Waals surface area contributed by atoms with Gasteiger partial charge in [0.2, 0.25) is 5.95 Å². The monoisotopic (exact) mass is 560 g/mol. The number of halogens is 3. The maximum atomic E-state index is 14.9. The van der Waals surface area contributed by atoms with Crippen LogP contribution in [0, 0.1) is 5.82 Å². The van der Waals surface area contributed by atoms with Crippen LogP contribution in [0.5, 0.6) is 0 Å². The van der Waals surface area contributed by atoms with E-state index in [-0.39, 0.29) is 21.7 Å². The van der Waals surface area contributed by atoms with Crippen LogP contribution < -0.4 is 10.6 Å². The maximum absolute atomic E-state index is 14.9. The van der Waals surface area contributed by atoms with Crippen LogP contribution in [0.2, 0.25) is 5.02 Å². The smallest absolute Gasteiger partial charge is 0.253 e. The first-order valence-electron chi connectivity index (χ1n) is 12.4. The fourth-order valence-electron chi connectivity index (χ4n) is 4.84. The molecule has 1 amide bonds. The molecule has 0 atom stereocenters. The van der Waals surface area contributed by atoms with Crippen LogP contribution in [-0.4, -0.2) is 52.1 Å². The zero-order chi connectivity index (χ0) is 27.1. The summed E-state index contributed by atoms with van der Waals surface area (Å²) in [6.45, 7) is 1.42. The summed E-state index contributed by atoms with van der Waals surface area (Å²) in [7, 11) is 1.90. The number of nitrogens with zero attached hydrogens (tertiary/aromatic N) is 4. The first kappa shape index (κ1) is 25.4. The minimum Gasteiger partial charge on any atom is -0.335 e. The summed E-state index contributed by atoms with van der Waals surface area (Å²) in [6, 6.07) is 12.2. The van der Waals surface area contributed by atoms with E-state index in [9.17, 15) is 9.18 Å². The normalized spacial score (nSPS) is 16.6. The number of fused-ring (bicyclic) bond motifs is 3. The highest BCUT2D eigenvalue weighted by Crippen LogP contribution is 2.42. The molecule has 1 saturated heterocycles. The van der Waals surface area contributed by atoms with Gasteiger partial charge in [0.1, 0.15) is 11.0 Å². The molecule has 0 saturated carbocycles. The van der Waals surface area contributed by atoms with Gasteiger partial charge in [-0.15, -0.1) is 0 Å². The van der Waals surface area contributed by atoms with Gasteiger partial charge in [0.25, 0.3) is 5.91 Å². The summed E-state index contributed by atoms with van der Waals surface area (Å²) in [4.78, 5) is 28.1. The number of anilines is 2. The van der Waals surface area contributed by atoms with E-state index in [0.717, 1.165) is 16.8 Å². The minimum atomic E-state index is -0.450. The molecule has 3 aromatic rings. The summed E-state index contributed by atoms with van der Waals surface area (Å²) in [6.07, 6.45) is 7.54. The Morgan fingerprint density at radius 2 is 1.87 bits per heavy atom. The Bertz CT molecular complexity index is 1590. The predicted octanol–water partition coefficient (Wildman–Crippen LogP) is 5.61. The number of nitrogens with one attached hydrogen (secondary N) is 2. The molecule has 1 aromatic heterocycles. The van der Waals surface area contributed by atoms with Gasteiger partial charge in [0.15, 0.2) is 0 Å². The van der Waals surface area contributed by atoms with Crippen molar-refractivity contribution in [2.75, 3.05) is 25.5 Å². The molecule has 7 nitrogen and oxygen atoms in total. The molecule has 0 radical (unpaired) electrons. The number of allylic oxidation sites excluding steroid dienone is 5. The van der Waals surface area contributed by atoms with E-state index in [1.54, 1.807) is 42.7 Å². The minimum absolute atomic E-state index is 0.00993. The van der Waals surface area contributed by atoms with Crippen molar-refractivity contribution in [1.82, 2.24) is 20.2 Å². The quantitative estimate of drug-likeness (QED) is 0.423. The Balaban J connectivity index is 1.27. The molecule has 2 N–H and O–H groups in total. The summed E-state index contributed by atoms with van der Waals surface area (Å²) >= 11 is 12.8. The molecule has 6 rings (SSSR count). The van der Waals surface area contributed by atoms with Crippen LogP contribution in [0.4, 0.5) is 16.0 Å². The molecule has 39 heavy (non-hydrogen) atoms. The number of hydrogen-bond acceptors (Lipinski definition) is 6. The number of carbonyl (C=O) groups excluding carboxylic acids is 1. The summed E-state index contributed by atoms with van der Waals surface area (Å²) in [5.74, 6) is -0.0619. The van der Waals surface area contributed by atoms with E-state index >= 15 is 0 Å². The molecule has 10 heteroatoms. The van der Waals surface area contributed by atoms with E-state index in [2.05, 4.69) is 20.6 Å². The number of hydrogen-bond donors (Lipinski definition) is 2. The van der Waals surface area contributed by atoms with Gasteiger partial charge in [-0.25, -0.2) is 19.4 Å². The van der Waals surface area contributed by atoms with Gasteiger partial charge in [0.05, 0.1) is 10.7 Å². The van der Waals surface area contributed by atoms with Gasteiger partial charge < -0.3 is 15.5 Å². The largest absolute Gasteiger partial charge is 0.335 e. The molecule has 0 unspecified atom stereocenters. The molecule has 2 aromatic carbocycles. The van der Waals surface area contributed by atoms with E-state index < -0.39 is 5.82 Å². The first-order chi connectivity index (χ1) is 18.9. The van der Waals surface area contributed by atoms with Gasteiger partial charge in [-0.3, -0.25) is 4.79 Å². The van der Waals surface area contributed by atoms with Gasteiger partial charge in [0, 0.05) is 59.5 Å². The van der Waals surface area contributed by atoms with Crippen molar-refractivity contribution in [3.8, 4) is 0 Å². The highest BCUT2D eigenvalue weighted by Gasteiger charge is 2.30. The number of amides is 1. The van der Waals surface area contributed by atoms with Crippen molar-refractivity contribution in [2.45, 2.75) is 12.5 Å². The van der Waals surface area contributed by atoms with Crippen molar-refractivity contribution in [1.29, 1.82) is 0 Å². The SMILES string of the molecule is CNC1CN(C(=O)c2ccc(Nc3ncc4c(n3)C3=CN=C(Cl)C=C(c5c(F)cccc5Cl)C3=CC4)cc2)C1. The summed E-state index contributed by atoms with van der Waals surface area (Å²) in [5, 5.41) is 6.87. The Morgan fingerprint density at radius 1 is 1.08 bits per heavy atom. The number of likely N-dealkylation sites (N-methyl/N-ethyl adjacent to an activating group) is 1. The second-order valence-electron chi connectivity index (χ2n) is 9.44. The first-order valence-corrected chi connectivity index (χ1v) is 13.2. The zero-order valence-electron chi connectivity index (χ0n) is 20.9. The molecule has 196 valence electrons. The molecule has 3 heterocycles. The van der Waals surface area contributed by atoms with Crippen LogP contribution in [-0.2, 0) is 6.42 Å². The van der Waals surface area contributed by atoms with Crippen LogP contribution in [0.15, 0.2) is 77.6 Å². The molecule has 1 fully saturated rings. The Hall–Kier alpha value is -3.85. The van der Waals surface area contributed by atoms with Gasteiger partial charge in [-0.05, 0) is 67.1 Å². The Kier molecular flexibility index (Phi) is 6.76. The number of benzene rings is 2. The third kappa shape index (κ3) is 4.87. The summed E-state index contributed by atoms with van der Waals surface area (Å²) < 4.78 is 14.9. The van der Waals surface area contributed by atoms with Crippen molar-refractivity contribution in [3.05, 3.63) is 106 Å². The number of aromatic nitrogens is 2. The van der Waals surface area contributed by atoms with Gasteiger partial charge >= 0.3 is 0 Å². The fraction of sp³-hybridized carbons (Fsp3) is 0.172. The second-order valence-corrected chi connectivity index (χ2v) is 10.2. The third-order valence-corrected chi connectivity index (χ3v) is 7.53. The zero-order valence-corrected chi connectivity index (χ0v) is 22.4. The summed E-state index contributed by atoms with van der Waals surface area (Å²) in [5.41, 5.74) is 5.17. The van der Waals surface area contributed by atoms with Crippen LogP contribution in [0.3, 0.4) is 0 Å². The van der Waals surface area contributed by atoms with E-state index in [1.165, 1.54) is 6.07 Å². The van der Waals surface area contributed by atoms with Crippen LogP contribution >= 0.6 is 23.2 Å². The lowest BCUT2D eigenvalue weighted by Gasteiger charge is -2.39. The Labute approximate surface area is 234 Å². The van der Waals surface area contributed by atoms with Crippen LogP contribution in [0.25, 0.3) is 11.1 Å². The molecule has 0 spiro atoms. The number of aliphatic imine (C=N–C) groups is 1. The predicted molar refractivity (Wildman–Crippen MR) is 153 cm³/mol. The van der Waals surface area contributed by atoms with Crippen molar-refractivity contribution in [2.24, 2.45) is 4.99 Å². The second kappa shape index (κ2) is 10.4. The number of carbonyl (C=O) groups is 1. The van der Waals surface area contributed by atoms with E-state index in [1.807, 2.05) is 30.2 Å². The molecular weight excluding hydrogens is 538 g/mol. The van der Waals surface area contributed by atoms with Crippen molar-refractivity contribution >= 4 is 57.1 Å². The van der Waals surface area contributed by atoms with Crippen molar-refractivity contribution < 1.29 is 9.18 Å². The highest BCUT2D eigenvalue weighted by atomic mass is 35.5. The molecule has 3 aliphatic rings. The molecular formula is C29H23Cl2FN6O. The molecule has 0 bridgehead atoms. The average Bonchev–Trinajstić information content (AvgIpc) is 3.07. The van der Waals surface area contributed by atoms with Gasteiger partial charge in [-0.1, -0.05) is 35.3 Å².